The van der Waals surface area contributed by atoms with Crippen LogP contribution in [0.1, 0.15) is 0 Å². The van der Waals surface area contributed by atoms with Crippen LogP contribution in [0.15, 0.2) is 61.2 Å². The van der Waals surface area contributed by atoms with E-state index in [1.165, 1.54) is 0 Å². The van der Waals surface area contributed by atoms with Gasteiger partial charge in [-0.1, -0.05) is 36.4 Å². The third-order valence-electron chi connectivity index (χ3n) is 1.14. The van der Waals surface area contributed by atoms with Crippen molar-refractivity contribution in [3.63, 3.8) is 0 Å². The first-order valence-corrected chi connectivity index (χ1v) is 3.70. The fourth-order valence-corrected chi connectivity index (χ4v) is 0.638. The minimum Gasteiger partial charge on any atom is -0.262 e. The van der Waals surface area contributed by atoms with E-state index in [0.717, 1.165) is 0 Å². The summed E-state index contributed by atoms with van der Waals surface area (Å²) in [5.74, 6) is 0. The zero-order valence-corrected chi connectivity index (χ0v) is 6.67. The summed E-state index contributed by atoms with van der Waals surface area (Å²) in [5, 5.41) is 0. The van der Waals surface area contributed by atoms with E-state index in [-0.39, 0.29) is 0 Å². The molecule has 0 fully saturated rings. The van der Waals surface area contributed by atoms with Gasteiger partial charge in [0.05, 0.1) is 0 Å². The first-order valence-electron chi connectivity index (χ1n) is 3.70. The molecule has 60 valence electrons. The van der Waals surface area contributed by atoms with Gasteiger partial charge in [-0.05, 0) is 0 Å². The Hall–Kier alpha value is -1.70. The molecule has 0 saturated heterocycles. The Morgan fingerprint density at radius 3 is 0.833 bits per heavy atom. The summed E-state index contributed by atoms with van der Waals surface area (Å²) in [6, 6.07) is 12.0. The molecule has 1 aromatic heterocycles. The van der Waals surface area contributed by atoms with Gasteiger partial charge in [-0.3, -0.25) is 9.97 Å². The molecular weight excluding hydrogens is 148 g/mol. The summed E-state index contributed by atoms with van der Waals surface area (Å²) < 4.78 is 0. The number of hydrogen-bond donors (Lipinski definition) is 0. The summed E-state index contributed by atoms with van der Waals surface area (Å²) in [5.41, 5.74) is 0. The van der Waals surface area contributed by atoms with Crippen LogP contribution < -0.4 is 0 Å². The van der Waals surface area contributed by atoms with E-state index in [1.54, 1.807) is 24.8 Å². The molecule has 0 spiro atoms. The van der Waals surface area contributed by atoms with E-state index >= 15 is 0 Å². The third-order valence-corrected chi connectivity index (χ3v) is 1.14. The molecule has 0 aliphatic rings. The average molecular weight is 158 g/mol. The monoisotopic (exact) mass is 158 g/mol. The molecule has 0 amide bonds. The van der Waals surface area contributed by atoms with E-state index in [1.807, 2.05) is 36.4 Å². The predicted molar refractivity (Wildman–Crippen MR) is 48.5 cm³/mol. The van der Waals surface area contributed by atoms with Gasteiger partial charge in [-0.2, -0.15) is 0 Å². The maximum absolute atomic E-state index is 3.72. The molecule has 0 N–H and O–H groups in total. The second-order valence-corrected chi connectivity index (χ2v) is 2.05. The largest absolute Gasteiger partial charge is 0.262 e. The lowest BCUT2D eigenvalue weighted by atomic mass is 10.4. The molecule has 2 rings (SSSR count). The zero-order chi connectivity index (χ0) is 8.49. The van der Waals surface area contributed by atoms with Crippen LogP contribution in [0.25, 0.3) is 0 Å². The quantitative estimate of drug-likeness (QED) is 0.587. The van der Waals surface area contributed by atoms with Crippen molar-refractivity contribution in [2.75, 3.05) is 0 Å². The maximum atomic E-state index is 3.72. The zero-order valence-electron chi connectivity index (χ0n) is 6.67. The fraction of sp³-hybridized carbons (Fsp3) is 0. The highest BCUT2D eigenvalue weighted by Gasteiger charge is 1.59. The molecule has 0 aliphatic carbocycles. The molecule has 1 heterocycles. The highest BCUT2D eigenvalue weighted by molar-refractivity contribution is 4.99. The third kappa shape index (κ3) is 4.17. The van der Waals surface area contributed by atoms with Crippen LogP contribution >= 0.6 is 0 Å². The summed E-state index contributed by atoms with van der Waals surface area (Å²) in [6.45, 7) is 0. The van der Waals surface area contributed by atoms with Gasteiger partial charge in [0, 0.05) is 24.8 Å². The number of rotatable bonds is 0. The molecule has 0 aliphatic heterocycles. The predicted octanol–water partition coefficient (Wildman–Crippen LogP) is 2.16. The summed E-state index contributed by atoms with van der Waals surface area (Å²) >= 11 is 0. The number of benzene rings is 1. The molecule has 0 bridgehead atoms. The smallest absolute Gasteiger partial charge is 0.0451 e. The van der Waals surface area contributed by atoms with Gasteiger partial charge in [0.1, 0.15) is 0 Å². The minimum atomic E-state index is 1.64. The summed E-state index contributed by atoms with van der Waals surface area (Å²) in [4.78, 5) is 7.44. The van der Waals surface area contributed by atoms with Crippen molar-refractivity contribution in [1.29, 1.82) is 0 Å². The lowest BCUT2D eigenvalue weighted by molar-refractivity contribution is 1.20. The standard InChI is InChI=1S/C6H6.C4H4N2/c1-2-4-6-5-3-1;1-2-6-4-3-5-1/h1-6H;1-4H. The van der Waals surface area contributed by atoms with Gasteiger partial charge in [0.2, 0.25) is 0 Å². The van der Waals surface area contributed by atoms with Gasteiger partial charge >= 0.3 is 0 Å². The van der Waals surface area contributed by atoms with Gasteiger partial charge in [0.15, 0.2) is 0 Å². The SMILES string of the molecule is c1ccccc1.c1cnccn1. The molecular formula is C10H10N2. The molecule has 0 unspecified atom stereocenters. The molecule has 2 nitrogen and oxygen atoms in total. The molecule has 0 radical (unpaired) electrons. The van der Waals surface area contributed by atoms with Crippen LogP contribution in [0, 0.1) is 0 Å². The number of hydrogen-bond acceptors (Lipinski definition) is 2. The maximum Gasteiger partial charge on any atom is 0.0451 e. The van der Waals surface area contributed by atoms with E-state index in [0.29, 0.717) is 0 Å². The van der Waals surface area contributed by atoms with Gasteiger partial charge < -0.3 is 0 Å². The van der Waals surface area contributed by atoms with E-state index in [9.17, 15) is 0 Å². The highest BCUT2D eigenvalue weighted by Crippen LogP contribution is 1.79. The Labute approximate surface area is 71.9 Å². The minimum absolute atomic E-state index is 1.64. The van der Waals surface area contributed by atoms with Crippen molar-refractivity contribution in [3.8, 4) is 0 Å². The van der Waals surface area contributed by atoms with E-state index < -0.39 is 0 Å². The first kappa shape index (κ1) is 8.40. The van der Waals surface area contributed by atoms with Crippen LogP contribution in [-0.4, -0.2) is 9.97 Å². The molecule has 0 atom stereocenters. The summed E-state index contributed by atoms with van der Waals surface area (Å²) in [6.07, 6.45) is 6.56. The Bertz CT molecular complexity index is 183. The van der Waals surface area contributed by atoms with Crippen molar-refractivity contribution in [1.82, 2.24) is 9.97 Å². The van der Waals surface area contributed by atoms with Crippen molar-refractivity contribution < 1.29 is 0 Å². The van der Waals surface area contributed by atoms with Crippen LogP contribution in [0.5, 0.6) is 0 Å². The van der Waals surface area contributed by atoms with Crippen LogP contribution in [-0.2, 0) is 0 Å². The topological polar surface area (TPSA) is 25.8 Å². The Kier molecular flexibility index (Phi) is 4.23. The average Bonchev–Trinajstić information content (AvgIpc) is 2.24. The van der Waals surface area contributed by atoms with Crippen molar-refractivity contribution in [3.05, 3.63) is 61.2 Å². The fourth-order valence-electron chi connectivity index (χ4n) is 0.638. The highest BCUT2D eigenvalue weighted by atomic mass is 14.7. The molecule has 1 aromatic carbocycles. The Morgan fingerprint density at radius 2 is 0.667 bits per heavy atom. The second-order valence-electron chi connectivity index (χ2n) is 2.05. The number of nitrogens with zero attached hydrogens (tertiary/aromatic N) is 2. The summed E-state index contributed by atoms with van der Waals surface area (Å²) in [7, 11) is 0. The van der Waals surface area contributed by atoms with E-state index in [4.69, 9.17) is 0 Å². The van der Waals surface area contributed by atoms with Crippen LogP contribution in [0.3, 0.4) is 0 Å². The van der Waals surface area contributed by atoms with E-state index in [2.05, 4.69) is 9.97 Å². The Balaban J connectivity index is 0.000000120. The van der Waals surface area contributed by atoms with Gasteiger partial charge in [0.25, 0.3) is 0 Å². The Morgan fingerprint density at radius 1 is 0.417 bits per heavy atom. The molecule has 2 aromatic rings. The lowest BCUT2D eigenvalue weighted by Gasteiger charge is -1.70. The van der Waals surface area contributed by atoms with Crippen molar-refractivity contribution in [2.24, 2.45) is 0 Å². The van der Waals surface area contributed by atoms with Gasteiger partial charge in [-0.15, -0.1) is 0 Å². The lowest BCUT2D eigenvalue weighted by Crippen LogP contribution is -1.66. The number of aromatic nitrogens is 2. The van der Waals surface area contributed by atoms with Crippen molar-refractivity contribution in [2.45, 2.75) is 0 Å². The van der Waals surface area contributed by atoms with Crippen molar-refractivity contribution >= 4 is 0 Å². The molecule has 0 saturated carbocycles. The molecule has 2 heteroatoms. The van der Waals surface area contributed by atoms with Crippen LogP contribution in [0.2, 0.25) is 0 Å². The normalized spacial score (nSPS) is 8.00. The van der Waals surface area contributed by atoms with Gasteiger partial charge in [-0.25, -0.2) is 0 Å². The van der Waals surface area contributed by atoms with Crippen LogP contribution in [0.4, 0.5) is 0 Å². The second kappa shape index (κ2) is 6.04. The first-order chi connectivity index (χ1) is 6.00. The molecule has 12 heavy (non-hydrogen) atoms.